The monoisotopic (exact) mass is 275 g/mol. The van der Waals surface area contributed by atoms with Crippen LogP contribution in [0.15, 0.2) is 24.4 Å². The average molecular weight is 275 g/mol. The van der Waals surface area contributed by atoms with Gasteiger partial charge in [-0.2, -0.15) is 5.10 Å². The SMILES string of the molecule is COC(=O)c1cnn(-c2cc(C(=O)O)ccc2C)c1N. The van der Waals surface area contributed by atoms with Crippen molar-refractivity contribution in [3.8, 4) is 5.69 Å². The second kappa shape index (κ2) is 5.04. The number of aromatic nitrogens is 2. The molecule has 1 heterocycles. The van der Waals surface area contributed by atoms with E-state index >= 15 is 0 Å². The molecule has 0 spiro atoms. The van der Waals surface area contributed by atoms with E-state index in [2.05, 4.69) is 9.84 Å². The first kappa shape index (κ1) is 13.6. The number of aryl methyl sites for hydroxylation is 1. The fourth-order valence-corrected chi connectivity index (χ4v) is 1.79. The Kier molecular flexibility index (Phi) is 3.43. The Morgan fingerprint density at radius 1 is 1.40 bits per heavy atom. The molecule has 0 saturated carbocycles. The molecule has 0 aliphatic heterocycles. The molecule has 7 nitrogen and oxygen atoms in total. The number of anilines is 1. The highest BCUT2D eigenvalue weighted by molar-refractivity contribution is 5.94. The van der Waals surface area contributed by atoms with Gasteiger partial charge in [0.1, 0.15) is 11.4 Å². The molecule has 0 bridgehead atoms. The van der Waals surface area contributed by atoms with E-state index in [-0.39, 0.29) is 16.9 Å². The van der Waals surface area contributed by atoms with E-state index in [1.54, 1.807) is 13.0 Å². The minimum absolute atomic E-state index is 0.0995. The molecule has 0 unspecified atom stereocenters. The van der Waals surface area contributed by atoms with Gasteiger partial charge in [-0.05, 0) is 24.6 Å². The first-order chi connectivity index (χ1) is 9.45. The first-order valence-electron chi connectivity index (χ1n) is 5.72. The van der Waals surface area contributed by atoms with Crippen molar-refractivity contribution < 1.29 is 19.4 Å². The Labute approximate surface area is 114 Å². The number of nitrogens with two attached hydrogens (primary N) is 1. The molecular formula is C13H13N3O4. The number of hydrogen-bond donors (Lipinski definition) is 2. The number of benzene rings is 1. The van der Waals surface area contributed by atoms with E-state index in [0.29, 0.717) is 5.69 Å². The van der Waals surface area contributed by atoms with Gasteiger partial charge < -0.3 is 15.6 Å². The van der Waals surface area contributed by atoms with Crippen molar-refractivity contribution in [1.29, 1.82) is 0 Å². The zero-order valence-electron chi connectivity index (χ0n) is 11.0. The molecule has 0 atom stereocenters. The summed E-state index contributed by atoms with van der Waals surface area (Å²) >= 11 is 0. The zero-order valence-corrected chi connectivity index (χ0v) is 11.0. The topological polar surface area (TPSA) is 107 Å². The van der Waals surface area contributed by atoms with E-state index in [1.807, 2.05) is 0 Å². The van der Waals surface area contributed by atoms with Crippen molar-refractivity contribution >= 4 is 17.8 Å². The summed E-state index contributed by atoms with van der Waals surface area (Å²) in [6.07, 6.45) is 1.29. The molecule has 2 aromatic rings. The third-order valence-electron chi connectivity index (χ3n) is 2.90. The van der Waals surface area contributed by atoms with Crippen LogP contribution >= 0.6 is 0 Å². The van der Waals surface area contributed by atoms with Crippen LogP contribution in [0.5, 0.6) is 0 Å². The minimum Gasteiger partial charge on any atom is -0.478 e. The molecule has 0 saturated heterocycles. The molecule has 1 aromatic heterocycles. The smallest absolute Gasteiger partial charge is 0.343 e. The Morgan fingerprint density at radius 3 is 2.70 bits per heavy atom. The standard InChI is InChI=1S/C13H13N3O4/c1-7-3-4-8(12(17)18)5-10(7)16-11(14)9(6-15-16)13(19)20-2/h3-6H,14H2,1-2H3,(H,17,18). The van der Waals surface area contributed by atoms with Gasteiger partial charge >= 0.3 is 11.9 Å². The summed E-state index contributed by atoms with van der Waals surface area (Å²) in [5.74, 6) is -1.55. The van der Waals surface area contributed by atoms with Crippen molar-refractivity contribution in [1.82, 2.24) is 9.78 Å². The molecule has 7 heteroatoms. The third-order valence-corrected chi connectivity index (χ3v) is 2.90. The van der Waals surface area contributed by atoms with Gasteiger partial charge in [-0.15, -0.1) is 0 Å². The van der Waals surface area contributed by atoms with Crippen LogP contribution in [0, 0.1) is 6.92 Å². The second-order valence-electron chi connectivity index (χ2n) is 4.15. The Morgan fingerprint density at radius 2 is 2.10 bits per heavy atom. The van der Waals surface area contributed by atoms with E-state index in [4.69, 9.17) is 10.8 Å². The van der Waals surface area contributed by atoms with Crippen LogP contribution in [0.4, 0.5) is 5.82 Å². The number of aromatic carboxylic acids is 1. The normalized spacial score (nSPS) is 10.3. The number of esters is 1. The maximum Gasteiger partial charge on any atom is 0.343 e. The Hall–Kier alpha value is -2.83. The lowest BCUT2D eigenvalue weighted by molar-refractivity contribution is 0.0601. The summed E-state index contributed by atoms with van der Waals surface area (Å²) in [5, 5.41) is 13.0. The number of rotatable bonds is 3. The van der Waals surface area contributed by atoms with Gasteiger partial charge in [0.2, 0.25) is 0 Å². The quantitative estimate of drug-likeness (QED) is 0.816. The molecule has 0 aliphatic carbocycles. The van der Waals surface area contributed by atoms with Crippen LogP contribution in [0.2, 0.25) is 0 Å². The summed E-state index contributed by atoms with van der Waals surface area (Å²) in [6.45, 7) is 1.79. The molecule has 20 heavy (non-hydrogen) atoms. The summed E-state index contributed by atoms with van der Waals surface area (Å²) in [7, 11) is 1.25. The van der Waals surface area contributed by atoms with Crippen molar-refractivity contribution in [2.45, 2.75) is 6.92 Å². The summed E-state index contributed by atoms with van der Waals surface area (Å²) in [4.78, 5) is 22.5. The molecule has 1 aromatic carbocycles. The van der Waals surface area contributed by atoms with Gasteiger partial charge in [-0.3, -0.25) is 0 Å². The molecule has 3 N–H and O–H groups in total. The van der Waals surface area contributed by atoms with Gasteiger partial charge in [-0.1, -0.05) is 6.07 Å². The first-order valence-corrected chi connectivity index (χ1v) is 5.72. The lowest BCUT2D eigenvalue weighted by Crippen LogP contribution is -2.09. The fourth-order valence-electron chi connectivity index (χ4n) is 1.79. The molecule has 2 rings (SSSR count). The number of carboxylic acid groups (broad SMARTS) is 1. The van der Waals surface area contributed by atoms with Crippen LogP contribution in [-0.2, 0) is 4.74 Å². The largest absolute Gasteiger partial charge is 0.478 e. The van der Waals surface area contributed by atoms with Crippen molar-refractivity contribution in [3.05, 3.63) is 41.1 Å². The number of carbonyl (C=O) groups excluding carboxylic acids is 1. The number of nitrogen functional groups attached to an aromatic ring is 1. The number of nitrogens with zero attached hydrogens (tertiary/aromatic N) is 2. The second-order valence-corrected chi connectivity index (χ2v) is 4.15. The molecule has 104 valence electrons. The zero-order chi connectivity index (χ0) is 14.9. The fraction of sp³-hybridized carbons (Fsp3) is 0.154. The maximum absolute atomic E-state index is 11.5. The van der Waals surface area contributed by atoms with Gasteiger partial charge in [0, 0.05) is 0 Å². The highest BCUT2D eigenvalue weighted by atomic mass is 16.5. The number of hydrogen-bond acceptors (Lipinski definition) is 5. The summed E-state index contributed by atoms with van der Waals surface area (Å²) in [6, 6.07) is 4.59. The highest BCUT2D eigenvalue weighted by Crippen LogP contribution is 2.21. The van der Waals surface area contributed by atoms with Crippen molar-refractivity contribution in [2.75, 3.05) is 12.8 Å². The van der Waals surface area contributed by atoms with Crippen LogP contribution < -0.4 is 5.73 Å². The van der Waals surface area contributed by atoms with Crippen LogP contribution in [0.3, 0.4) is 0 Å². The number of methoxy groups -OCH3 is 1. The van der Waals surface area contributed by atoms with Gasteiger partial charge in [0.15, 0.2) is 0 Å². The third kappa shape index (κ3) is 2.20. The maximum atomic E-state index is 11.5. The predicted octanol–water partition coefficient (Wildman–Crippen LogP) is 1.25. The van der Waals surface area contributed by atoms with Gasteiger partial charge in [0.05, 0.1) is 24.6 Å². The Balaban J connectivity index is 2.57. The lowest BCUT2D eigenvalue weighted by Gasteiger charge is -2.09. The number of carboxylic acids is 1. The molecule has 0 amide bonds. The number of ether oxygens (including phenoxy) is 1. The summed E-state index contributed by atoms with van der Waals surface area (Å²) < 4.78 is 5.91. The van der Waals surface area contributed by atoms with E-state index < -0.39 is 11.9 Å². The predicted molar refractivity (Wildman–Crippen MR) is 71.0 cm³/mol. The van der Waals surface area contributed by atoms with E-state index in [1.165, 1.54) is 30.1 Å². The molecule has 0 aliphatic rings. The molecule has 0 fully saturated rings. The highest BCUT2D eigenvalue weighted by Gasteiger charge is 2.18. The van der Waals surface area contributed by atoms with Gasteiger partial charge in [-0.25, -0.2) is 14.3 Å². The van der Waals surface area contributed by atoms with Gasteiger partial charge in [0.25, 0.3) is 0 Å². The van der Waals surface area contributed by atoms with E-state index in [9.17, 15) is 9.59 Å². The lowest BCUT2D eigenvalue weighted by atomic mass is 10.1. The van der Waals surface area contributed by atoms with Crippen LogP contribution in [0.25, 0.3) is 5.69 Å². The number of carbonyl (C=O) groups is 2. The molecule has 0 radical (unpaired) electrons. The average Bonchev–Trinajstić information content (AvgIpc) is 2.80. The van der Waals surface area contributed by atoms with Crippen LogP contribution in [-0.4, -0.2) is 33.9 Å². The Bertz CT molecular complexity index is 691. The van der Waals surface area contributed by atoms with Crippen LogP contribution in [0.1, 0.15) is 26.3 Å². The van der Waals surface area contributed by atoms with Crippen molar-refractivity contribution in [2.24, 2.45) is 0 Å². The van der Waals surface area contributed by atoms with E-state index in [0.717, 1.165) is 5.56 Å². The molecular weight excluding hydrogens is 262 g/mol. The van der Waals surface area contributed by atoms with Crippen molar-refractivity contribution in [3.63, 3.8) is 0 Å². The summed E-state index contributed by atoms with van der Waals surface area (Å²) in [5.41, 5.74) is 7.38. The minimum atomic E-state index is -1.05.